The van der Waals surface area contributed by atoms with Crippen LogP contribution in [0.2, 0.25) is 0 Å². The minimum absolute atomic E-state index is 0.283. The average Bonchev–Trinajstić information content (AvgIpc) is 2.26. The van der Waals surface area contributed by atoms with Gasteiger partial charge in [-0.15, -0.1) is 0 Å². The molecular weight excluding hydrogens is 192 g/mol. The first-order valence-corrected chi connectivity index (χ1v) is 5.98. The molecule has 0 unspecified atom stereocenters. The fraction of sp³-hybridized carbons (Fsp3) is 0.917. The average molecular weight is 218 g/mol. The number of carbonyl (C=O) groups is 1. The van der Waals surface area contributed by atoms with Gasteiger partial charge in [-0.05, 0) is 19.3 Å². The van der Waals surface area contributed by atoms with Crippen LogP contribution in [-0.2, 0) is 4.79 Å². The van der Waals surface area contributed by atoms with Crippen LogP contribution in [0, 0.1) is 0 Å². The monoisotopic (exact) mass is 218 g/mol. The molecule has 0 aliphatic carbocycles. The number of aldehydes is 1. The second kappa shape index (κ2) is 19.2. The van der Waals surface area contributed by atoms with Crippen LogP contribution in [0.15, 0.2) is 0 Å². The zero-order valence-electron chi connectivity index (χ0n) is 9.95. The molecule has 0 heterocycles. The number of aliphatic hydroxyl groups excluding tert-OH is 2. The van der Waals surface area contributed by atoms with Gasteiger partial charge < -0.3 is 15.0 Å². The molecule has 0 aliphatic rings. The Kier molecular flexibility index (Phi) is 21.8. The van der Waals surface area contributed by atoms with Gasteiger partial charge in [-0.3, -0.25) is 0 Å². The maximum atomic E-state index is 9.68. The van der Waals surface area contributed by atoms with Gasteiger partial charge in [0.25, 0.3) is 0 Å². The lowest BCUT2D eigenvalue weighted by Gasteiger charge is -1.93. The predicted molar refractivity (Wildman–Crippen MR) is 62.8 cm³/mol. The summed E-state index contributed by atoms with van der Waals surface area (Å²) >= 11 is 0. The standard InChI is InChI=1S/C6H14O2.C6H12O/c7-5-3-1-2-4-6-8;1-2-3-4-5-6-7/h7-8H,1-6H2;6H,2-5H2,1H3. The van der Waals surface area contributed by atoms with Crippen molar-refractivity contribution in [3.8, 4) is 0 Å². The Balaban J connectivity index is 0. The molecule has 0 amide bonds. The fourth-order valence-electron chi connectivity index (χ4n) is 1.05. The Morgan fingerprint density at radius 2 is 1.40 bits per heavy atom. The smallest absolute Gasteiger partial charge is 0.119 e. The van der Waals surface area contributed by atoms with E-state index in [0.29, 0.717) is 0 Å². The van der Waals surface area contributed by atoms with E-state index in [1.165, 1.54) is 12.8 Å². The number of rotatable bonds is 9. The minimum Gasteiger partial charge on any atom is -0.396 e. The molecule has 0 bridgehead atoms. The van der Waals surface area contributed by atoms with E-state index in [1.54, 1.807) is 0 Å². The molecule has 0 aromatic carbocycles. The fourth-order valence-corrected chi connectivity index (χ4v) is 1.05. The molecule has 3 heteroatoms. The molecule has 92 valence electrons. The highest BCUT2D eigenvalue weighted by atomic mass is 16.3. The summed E-state index contributed by atoms with van der Waals surface area (Å²) in [5, 5.41) is 16.6. The van der Waals surface area contributed by atoms with E-state index >= 15 is 0 Å². The van der Waals surface area contributed by atoms with Gasteiger partial charge >= 0.3 is 0 Å². The summed E-state index contributed by atoms with van der Waals surface area (Å²) in [6.45, 7) is 2.70. The van der Waals surface area contributed by atoms with Gasteiger partial charge in [-0.2, -0.15) is 0 Å². The van der Waals surface area contributed by atoms with Crippen LogP contribution in [0.25, 0.3) is 0 Å². The van der Waals surface area contributed by atoms with Crippen LogP contribution in [0.3, 0.4) is 0 Å². The Bertz CT molecular complexity index is 99.0. The molecule has 0 saturated carbocycles. The van der Waals surface area contributed by atoms with E-state index in [1.807, 2.05) is 0 Å². The van der Waals surface area contributed by atoms with E-state index in [0.717, 1.165) is 44.8 Å². The third-order valence-corrected chi connectivity index (χ3v) is 1.99. The first-order valence-electron chi connectivity index (χ1n) is 5.98. The quantitative estimate of drug-likeness (QED) is 0.461. The van der Waals surface area contributed by atoms with Gasteiger partial charge in [-0.1, -0.05) is 32.6 Å². The van der Waals surface area contributed by atoms with Gasteiger partial charge in [0.1, 0.15) is 6.29 Å². The van der Waals surface area contributed by atoms with Crippen LogP contribution in [0.4, 0.5) is 0 Å². The molecule has 0 aliphatic heterocycles. The Morgan fingerprint density at radius 1 is 0.867 bits per heavy atom. The molecule has 0 radical (unpaired) electrons. The summed E-state index contributed by atoms with van der Waals surface area (Å²) < 4.78 is 0. The lowest BCUT2D eigenvalue weighted by Crippen LogP contribution is -1.85. The second-order valence-electron chi connectivity index (χ2n) is 3.52. The van der Waals surface area contributed by atoms with Crippen LogP contribution in [0.5, 0.6) is 0 Å². The van der Waals surface area contributed by atoms with Crippen molar-refractivity contribution >= 4 is 6.29 Å². The highest BCUT2D eigenvalue weighted by molar-refractivity contribution is 5.48. The summed E-state index contributed by atoms with van der Waals surface area (Å²) in [4.78, 5) is 9.68. The molecule has 2 N–H and O–H groups in total. The summed E-state index contributed by atoms with van der Waals surface area (Å²) in [6, 6.07) is 0. The maximum Gasteiger partial charge on any atom is 0.119 e. The zero-order valence-corrected chi connectivity index (χ0v) is 9.95. The summed E-state index contributed by atoms with van der Waals surface area (Å²) in [7, 11) is 0. The van der Waals surface area contributed by atoms with Crippen LogP contribution in [-0.4, -0.2) is 29.7 Å². The SMILES string of the molecule is CCCCCC=O.OCCCCCCO. The van der Waals surface area contributed by atoms with Crippen molar-refractivity contribution < 1.29 is 15.0 Å². The summed E-state index contributed by atoms with van der Waals surface area (Å²) in [5.41, 5.74) is 0. The Hall–Kier alpha value is -0.410. The maximum absolute atomic E-state index is 9.68. The molecule has 3 nitrogen and oxygen atoms in total. The molecular formula is C12H26O3. The number of unbranched alkanes of at least 4 members (excludes halogenated alkanes) is 6. The first-order chi connectivity index (χ1) is 7.33. The van der Waals surface area contributed by atoms with E-state index in [2.05, 4.69) is 6.92 Å². The molecule has 0 fully saturated rings. The van der Waals surface area contributed by atoms with Crippen LogP contribution in [0.1, 0.15) is 58.3 Å². The van der Waals surface area contributed by atoms with Crippen molar-refractivity contribution in [1.82, 2.24) is 0 Å². The molecule has 0 aromatic heterocycles. The van der Waals surface area contributed by atoms with Gasteiger partial charge in [0.2, 0.25) is 0 Å². The molecule has 0 rings (SSSR count). The van der Waals surface area contributed by atoms with Crippen molar-refractivity contribution in [2.24, 2.45) is 0 Å². The van der Waals surface area contributed by atoms with Crippen molar-refractivity contribution in [3.05, 3.63) is 0 Å². The largest absolute Gasteiger partial charge is 0.396 e. The van der Waals surface area contributed by atoms with E-state index in [4.69, 9.17) is 10.2 Å². The lowest BCUT2D eigenvalue weighted by molar-refractivity contribution is -0.107. The third kappa shape index (κ3) is 24.7. The van der Waals surface area contributed by atoms with Crippen LogP contribution >= 0.6 is 0 Å². The molecule has 15 heavy (non-hydrogen) atoms. The third-order valence-electron chi connectivity index (χ3n) is 1.99. The Labute approximate surface area is 93.5 Å². The summed E-state index contributed by atoms with van der Waals surface area (Å²) in [6.07, 6.45) is 9.02. The van der Waals surface area contributed by atoms with Crippen molar-refractivity contribution in [3.63, 3.8) is 0 Å². The van der Waals surface area contributed by atoms with E-state index < -0.39 is 0 Å². The predicted octanol–water partition coefficient (Wildman–Crippen LogP) is 2.30. The minimum atomic E-state index is 0.283. The highest BCUT2D eigenvalue weighted by Crippen LogP contribution is 1.96. The zero-order chi connectivity index (χ0) is 11.8. The molecule has 0 aromatic rings. The van der Waals surface area contributed by atoms with Crippen LogP contribution < -0.4 is 0 Å². The molecule has 0 atom stereocenters. The molecule has 0 spiro atoms. The number of aliphatic hydroxyl groups is 2. The molecule has 0 saturated heterocycles. The second-order valence-corrected chi connectivity index (χ2v) is 3.52. The number of hydrogen-bond donors (Lipinski definition) is 2. The number of hydrogen-bond acceptors (Lipinski definition) is 3. The van der Waals surface area contributed by atoms with Gasteiger partial charge in [-0.25, -0.2) is 0 Å². The van der Waals surface area contributed by atoms with Crippen molar-refractivity contribution in [1.29, 1.82) is 0 Å². The van der Waals surface area contributed by atoms with Crippen molar-refractivity contribution in [2.45, 2.75) is 58.3 Å². The lowest BCUT2D eigenvalue weighted by atomic mass is 10.2. The van der Waals surface area contributed by atoms with Gasteiger partial charge in [0.15, 0.2) is 0 Å². The summed E-state index contributed by atoms with van der Waals surface area (Å²) in [5.74, 6) is 0. The highest BCUT2D eigenvalue weighted by Gasteiger charge is 1.84. The van der Waals surface area contributed by atoms with Gasteiger partial charge in [0, 0.05) is 19.6 Å². The topological polar surface area (TPSA) is 57.5 Å². The first kappa shape index (κ1) is 17.0. The van der Waals surface area contributed by atoms with Crippen molar-refractivity contribution in [2.75, 3.05) is 13.2 Å². The number of carbonyl (C=O) groups excluding carboxylic acids is 1. The van der Waals surface area contributed by atoms with Gasteiger partial charge in [0.05, 0.1) is 0 Å². The Morgan fingerprint density at radius 3 is 1.73 bits per heavy atom. The van der Waals surface area contributed by atoms with E-state index in [-0.39, 0.29) is 13.2 Å². The van der Waals surface area contributed by atoms with E-state index in [9.17, 15) is 4.79 Å². The normalized spacial score (nSPS) is 9.27.